The first kappa shape index (κ1) is 15.4. The van der Waals surface area contributed by atoms with Gasteiger partial charge in [-0.05, 0) is 32.6 Å². The van der Waals surface area contributed by atoms with E-state index in [1.807, 2.05) is 0 Å². The van der Waals surface area contributed by atoms with E-state index in [2.05, 4.69) is 23.6 Å². The van der Waals surface area contributed by atoms with Gasteiger partial charge in [0.25, 0.3) is 0 Å². The van der Waals surface area contributed by atoms with Crippen molar-refractivity contribution in [1.82, 2.24) is 9.80 Å². The molecule has 5 heteroatoms. The van der Waals surface area contributed by atoms with Crippen molar-refractivity contribution < 1.29 is 14.3 Å². The van der Waals surface area contributed by atoms with Crippen LogP contribution in [0.1, 0.15) is 20.3 Å². The van der Waals surface area contributed by atoms with Gasteiger partial charge in [-0.2, -0.15) is 0 Å². The number of esters is 1. The lowest BCUT2D eigenvalue weighted by atomic mass is 10.2. The minimum absolute atomic E-state index is 0.261. The van der Waals surface area contributed by atoms with E-state index < -0.39 is 6.10 Å². The molecule has 0 amide bonds. The van der Waals surface area contributed by atoms with Gasteiger partial charge in [0, 0.05) is 13.1 Å². The Morgan fingerprint density at radius 1 is 1.44 bits per heavy atom. The van der Waals surface area contributed by atoms with Crippen LogP contribution in [0.5, 0.6) is 0 Å². The van der Waals surface area contributed by atoms with Crippen molar-refractivity contribution in [3.05, 3.63) is 0 Å². The fraction of sp³-hybridized carbons (Fsp3) is 0.923. The van der Waals surface area contributed by atoms with Gasteiger partial charge in [-0.3, -0.25) is 4.90 Å². The minimum Gasteiger partial charge on any atom is -0.467 e. The zero-order chi connectivity index (χ0) is 13.4. The first-order valence-corrected chi connectivity index (χ1v) is 6.85. The SMILES string of the molecule is CCN(CC)CCCN1CCO[C@@H](C(=O)OC)C1. The predicted molar refractivity (Wildman–Crippen MR) is 70.6 cm³/mol. The highest BCUT2D eigenvalue weighted by Gasteiger charge is 2.26. The quantitative estimate of drug-likeness (QED) is 0.625. The van der Waals surface area contributed by atoms with E-state index in [1.54, 1.807) is 0 Å². The zero-order valence-electron chi connectivity index (χ0n) is 11.9. The van der Waals surface area contributed by atoms with Crippen molar-refractivity contribution in [3.8, 4) is 0 Å². The molecule has 0 saturated carbocycles. The molecule has 1 saturated heterocycles. The largest absolute Gasteiger partial charge is 0.467 e. The molecule has 0 aromatic rings. The highest BCUT2D eigenvalue weighted by atomic mass is 16.6. The van der Waals surface area contributed by atoms with Gasteiger partial charge in [-0.15, -0.1) is 0 Å². The smallest absolute Gasteiger partial charge is 0.336 e. The van der Waals surface area contributed by atoms with E-state index in [1.165, 1.54) is 7.11 Å². The summed E-state index contributed by atoms with van der Waals surface area (Å²) < 4.78 is 10.1. The maximum atomic E-state index is 11.4. The fourth-order valence-corrected chi connectivity index (χ4v) is 2.24. The molecule has 1 heterocycles. The molecule has 0 aliphatic carbocycles. The van der Waals surface area contributed by atoms with Gasteiger partial charge in [0.1, 0.15) is 0 Å². The molecule has 1 rings (SSSR count). The number of nitrogens with zero attached hydrogens (tertiary/aromatic N) is 2. The Bertz CT molecular complexity index is 244. The van der Waals surface area contributed by atoms with Crippen molar-refractivity contribution in [3.63, 3.8) is 0 Å². The third-order valence-electron chi connectivity index (χ3n) is 3.46. The van der Waals surface area contributed by atoms with Crippen molar-refractivity contribution in [2.75, 3.05) is 53.0 Å². The number of ether oxygens (including phenoxy) is 2. The summed E-state index contributed by atoms with van der Waals surface area (Å²) in [7, 11) is 1.41. The van der Waals surface area contributed by atoms with Crippen LogP contribution in [-0.4, -0.2) is 74.9 Å². The molecular weight excluding hydrogens is 232 g/mol. The van der Waals surface area contributed by atoms with Crippen molar-refractivity contribution >= 4 is 5.97 Å². The fourth-order valence-electron chi connectivity index (χ4n) is 2.24. The van der Waals surface area contributed by atoms with Gasteiger partial charge in [-0.1, -0.05) is 13.8 Å². The number of rotatable bonds is 7. The molecule has 0 aromatic carbocycles. The molecule has 1 fully saturated rings. The van der Waals surface area contributed by atoms with Crippen LogP contribution in [0.3, 0.4) is 0 Å². The Kier molecular flexibility index (Phi) is 7.23. The molecule has 1 atom stereocenters. The minimum atomic E-state index is -0.405. The third-order valence-corrected chi connectivity index (χ3v) is 3.46. The van der Waals surface area contributed by atoms with Crippen LogP contribution in [0.25, 0.3) is 0 Å². The predicted octanol–water partition coefficient (Wildman–Crippen LogP) is 0.592. The molecule has 1 aliphatic rings. The number of hydrogen-bond donors (Lipinski definition) is 0. The Balaban J connectivity index is 2.24. The lowest BCUT2D eigenvalue weighted by Crippen LogP contribution is -2.47. The second-order valence-corrected chi connectivity index (χ2v) is 4.56. The van der Waals surface area contributed by atoms with Crippen molar-refractivity contribution in [2.45, 2.75) is 26.4 Å². The van der Waals surface area contributed by atoms with Crippen LogP contribution in [0, 0.1) is 0 Å². The molecule has 0 aromatic heterocycles. The van der Waals surface area contributed by atoms with Crippen LogP contribution in [0.4, 0.5) is 0 Å². The standard InChI is InChI=1S/C13H26N2O3/c1-4-14(5-2)7-6-8-15-9-10-18-12(11-15)13(16)17-3/h12H,4-11H2,1-3H3/t12-/m1/s1. The summed E-state index contributed by atoms with van der Waals surface area (Å²) in [5, 5.41) is 0. The van der Waals surface area contributed by atoms with Crippen LogP contribution in [0.15, 0.2) is 0 Å². The van der Waals surface area contributed by atoms with Crippen LogP contribution < -0.4 is 0 Å². The molecule has 0 N–H and O–H groups in total. The number of carbonyl (C=O) groups is 1. The van der Waals surface area contributed by atoms with Crippen LogP contribution in [-0.2, 0) is 14.3 Å². The molecule has 0 radical (unpaired) electrons. The van der Waals surface area contributed by atoms with Gasteiger partial charge in [0.15, 0.2) is 6.10 Å². The Hall–Kier alpha value is -0.650. The first-order valence-electron chi connectivity index (χ1n) is 6.85. The van der Waals surface area contributed by atoms with Crippen LogP contribution >= 0.6 is 0 Å². The first-order chi connectivity index (χ1) is 8.71. The zero-order valence-corrected chi connectivity index (χ0v) is 11.9. The van der Waals surface area contributed by atoms with Gasteiger partial charge < -0.3 is 14.4 Å². The topological polar surface area (TPSA) is 42.0 Å². The average molecular weight is 258 g/mol. The number of hydrogen-bond acceptors (Lipinski definition) is 5. The van der Waals surface area contributed by atoms with Gasteiger partial charge in [0.2, 0.25) is 0 Å². The average Bonchev–Trinajstić information content (AvgIpc) is 2.43. The summed E-state index contributed by atoms with van der Waals surface area (Å²) in [4.78, 5) is 16.1. The third kappa shape index (κ3) is 4.92. The monoisotopic (exact) mass is 258 g/mol. The Morgan fingerprint density at radius 2 is 2.17 bits per heavy atom. The van der Waals surface area contributed by atoms with E-state index in [4.69, 9.17) is 9.47 Å². The maximum absolute atomic E-state index is 11.4. The highest BCUT2D eigenvalue weighted by Crippen LogP contribution is 2.07. The second kappa shape index (κ2) is 8.45. The summed E-state index contributed by atoms with van der Waals surface area (Å²) in [5.41, 5.74) is 0. The second-order valence-electron chi connectivity index (χ2n) is 4.56. The summed E-state index contributed by atoms with van der Waals surface area (Å²) in [6.07, 6.45) is 0.729. The van der Waals surface area contributed by atoms with Gasteiger partial charge >= 0.3 is 5.97 Å². The van der Waals surface area contributed by atoms with Gasteiger partial charge in [0.05, 0.1) is 13.7 Å². The Morgan fingerprint density at radius 3 is 2.78 bits per heavy atom. The lowest BCUT2D eigenvalue weighted by Gasteiger charge is -2.31. The van der Waals surface area contributed by atoms with Crippen LogP contribution in [0.2, 0.25) is 0 Å². The number of carbonyl (C=O) groups excluding carboxylic acids is 1. The number of methoxy groups -OCH3 is 1. The van der Waals surface area contributed by atoms with E-state index in [0.29, 0.717) is 13.2 Å². The molecule has 1 aliphatic heterocycles. The van der Waals surface area contributed by atoms with E-state index in [9.17, 15) is 4.79 Å². The van der Waals surface area contributed by atoms with Crippen molar-refractivity contribution in [1.29, 1.82) is 0 Å². The molecule has 0 unspecified atom stereocenters. The molecule has 5 nitrogen and oxygen atoms in total. The summed E-state index contributed by atoms with van der Waals surface area (Å²) in [5.74, 6) is -0.261. The van der Waals surface area contributed by atoms with E-state index in [0.717, 1.165) is 39.1 Å². The van der Waals surface area contributed by atoms with Gasteiger partial charge in [-0.25, -0.2) is 4.79 Å². The molecule has 0 bridgehead atoms. The number of morpholine rings is 1. The molecule has 18 heavy (non-hydrogen) atoms. The van der Waals surface area contributed by atoms with E-state index >= 15 is 0 Å². The Labute approximate surface area is 110 Å². The summed E-state index contributed by atoms with van der Waals surface area (Å²) in [6.45, 7) is 10.9. The van der Waals surface area contributed by atoms with Crippen molar-refractivity contribution in [2.24, 2.45) is 0 Å². The normalized spacial score (nSPS) is 21.2. The summed E-state index contributed by atoms with van der Waals surface area (Å²) >= 11 is 0. The molecule has 0 spiro atoms. The maximum Gasteiger partial charge on any atom is 0.336 e. The molecule has 106 valence electrons. The highest BCUT2D eigenvalue weighted by molar-refractivity contribution is 5.74. The molecular formula is C13H26N2O3. The van der Waals surface area contributed by atoms with E-state index in [-0.39, 0.29) is 5.97 Å². The summed E-state index contributed by atoms with van der Waals surface area (Å²) in [6, 6.07) is 0. The lowest BCUT2D eigenvalue weighted by molar-refractivity contribution is -0.159.